The molecule has 0 saturated carbocycles. The summed E-state index contributed by atoms with van der Waals surface area (Å²) >= 11 is 0. The largest absolute Gasteiger partial charge is 0.492 e. The van der Waals surface area contributed by atoms with Crippen molar-refractivity contribution in [3.8, 4) is 5.75 Å². The highest BCUT2D eigenvalue weighted by Crippen LogP contribution is 2.11. The standard InChI is InChI=1S/C14H30.C10H15NO.BrH/c1-3-5-7-9-11-13-14-12-10-8-6-4-2;1-11(2)8-9-12-10-6-4-3-5-7-10;/h3-14H2,1-2H3;3-7H,8-9H2,1-2H3;1H. The fourth-order valence-electron chi connectivity index (χ4n) is 2.78. The van der Waals surface area contributed by atoms with E-state index in [9.17, 15) is 0 Å². The molecule has 0 amide bonds. The van der Waals surface area contributed by atoms with Gasteiger partial charge in [0.05, 0.1) is 0 Å². The van der Waals surface area contributed by atoms with E-state index in [-0.39, 0.29) is 17.0 Å². The molecule has 0 spiro atoms. The Morgan fingerprint density at radius 2 is 1.07 bits per heavy atom. The van der Waals surface area contributed by atoms with Gasteiger partial charge in [0.25, 0.3) is 0 Å². The van der Waals surface area contributed by atoms with Gasteiger partial charge < -0.3 is 9.64 Å². The number of benzene rings is 1. The van der Waals surface area contributed by atoms with Crippen LogP contribution in [-0.2, 0) is 0 Å². The zero-order chi connectivity index (χ0) is 19.3. The first-order chi connectivity index (χ1) is 12.7. The van der Waals surface area contributed by atoms with Crippen LogP contribution in [0.3, 0.4) is 0 Å². The molecule has 0 unspecified atom stereocenters. The van der Waals surface area contributed by atoms with Gasteiger partial charge in [0.2, 0.25) is 0 Å². The van der Waals surface area contributed by atoms with Crippen LogP contribution in [0, 0.1) is 0 Å². The molecule has 2 nitrogen and oxygen atoms in total. The molecule has 3 heteroatoms. The number of nitrogens with zero attached hydrogens (tertiary/aromatic N) is 1. The lowest BCUT2D eigenvalue weighted by Gasteiger charge is -2.10. The summed E-state index contributed by atoms with van der Waals surface area (Å²) < 4.78 is 5.48. The van der Waals surface area contributed by atoms with Crippen LogP contribution in [0.4, 0.5) is 0 Å². The second kappa shape index (κ2) is 23.5. The van der Waals surface area contributed by atoms with Crippen molar-refractivity contribution in [1.82, 2.24) is 4.90 Å². The average molecular weight is 445 g/mol. The summed E-state index contributed by atoms with van der Waals surface area (Å²) in [6.07, 6.45) is 17.4. The summed E-state index contributed by atoms with van der Waals surface area (Å²) in [5.41, 5.74) is 0. The summed E-state index contributed by atoms with van der Waals surface area (Å²) in [4.78, 5) is 2.10. The van der Waals surface area contributed by atoms with E-state index in [0.29, 0.717) is 0 Å². The van der Waals surface area contributed by atoms with Gasteiger partial charge in [-0.2, -0.15) is 0 Å². The van der Waals surface area contributed by atoms with Crippen LogP contribution in [0.2, 0.25) is 0 Å². The Bertz CT molecular complexity index is 358. The van der Waals surface area contributed by atoms with E-state index in [1.165, 1.54) is 77.0 Å². The van der Waals surface area contributed by atoms with Crippen molar-refractivity contribution in [2.45, 2.75) is 90.9 Å². The van der Waals surface area contributed by atoms with Crippen LogP contribution in [0.5, 0.6) is 5.75 Å². The number of hydrogen-bond donors (Lipinski definition) is 0. The Hall–Kier alpha value is -0.540. The molecule has 0 radical (unpaired) electrons. The van der Waals surface area contributed by atoms with Gasteiger partial charge in [-0.25, -0.2) is 0 Å². The minimum Gasteiger partial charge on any atom is -0.492 e. The molecular formula is C24H46BrNO. The van der Waals surface area contributed by atoms with E-state index in [4.69, 9.17) is 4.74 Å². The maximum Gasteiger partial charge on any atom is 0.119 e. The molecule has 0 atom stereocenters. The summed E-state index contributed by atoms with van der Waals surface area (Å²) in [5.74, 6) is 0.944. The van der Waals surface area contributed by atoms with Gasteiger partial charge in [-0.1, -0.05) is 109 Å². The summed E-state index contributed by atoms with van der Waals surface area (Å²) in [6.45, 7) is 6.27. The van der Waals surface area contributed by atoms with Gasteiger partial charge in [-0.15, -0.1) is 17.0 Å². The molecule has 160 valence electrons. The molecule has 0 fully saturated rings. The Morgan fingerprint density at radius 1 is 0.667 bits per heavy atom. The van der Waals surface area contributed by atoms with Gasteiger partial charge >= 0.3 is 0 Å². The van der Waals surface area contributed by atoms with Crippen LogP contribution in [0.25, 0.3) is 0 Å². The first-order valence-corrected chi connectivity index (χ1v) is 11.0. The van der Waals surface area contributed by atoms with Crippen LogP contribution in [0.15, 0.2) is 30.3 Å². The Balaban J connectivity index is 0. The molecular weight excluding hydrogens is 398 g/mol. The average Bonchev–Trinajstić information content (AvgIpc) is 2.64. The molecule has 0 aliphatic rings. The topological polar surface area (TPSA) is 12.5 Å². The van der Waals surface area contributed by atoms with Gasteiger partial charge in [0.1, 0.15) is 12.4 Å². The number of hydrogen-bond acceptors (Lipinski definition) is 2. The molecule has 0 aromatic heterocycles. The monoisotopic (exact) mass is 443 g/mol. The van der Waals surface area contributed by atoms with Crippen molar-refractivity contribution < 1.29 is 4.74 Å². The smallest absolute Gasteiger partial charge is 0.119 e. The molecule has 0 N–H and O–H groups in total. The number of ether oxygens (including phenoxy) is 1. The zero-order valence-corrected chi connectivity index (χ0v) is 20.3. The predicted molar refractivity (Wildman–Crippen MR) is 128 cm³/mol. The minimum absolute atomic E-state index is 0. The number of unbranched alkanes of at least 4 members (excludes halogenated alkanes) is 11. The summed E-state index contributed by atoms with van der Waals surface area (Å²) in [6, 6.07) is 9.88. The summed E-state index contributed by atoms with van der Waals surface area (Å²) in [7, 11) is 4.07. The fraction of sp³-hybridized carbons (Fsp3) is 0.750. The van der Waals surface area contributed by atoms with E-state index in [1.807, 2.05) is 44.4 Å². The Morgan fingerprint density at radius 3 is 1.44 bits per heavy atom. The normalized spacial score (nSPS) is 10.1. The van der Waals surface area contributed by atoms with E-state index in [1.54, 1.807) is 0 Å². The van der Waals surface area contributed by atoms with Crippen molar-refractivity contribution in [1.29, 1.82) is 0 Å². The second-order valence-electron chi connectivity index (χ2n) is 7.50. The highest BCUT2D eigenvalue weighted by molar-refractivity contribution is 8.93. The van der Waals surface area contributed by atoms with E-state index < -0.39 is 0 Å². The number of likely N-dealkylation sites (N-methyl/N-ethyl adjacent to an activating group) is 1. The van der Waals surface area contributed by atoms with E-state index in [0.717, 1.165) is 18.9 Å². The van der Waals surface area contributed by atoms with Crippen LogP contribution in [-0.4, -0.2) is 32.1 Å². The van der Waals surface area contributed by atoms with Gasteiger partial charge in [-0.3, -0.25) is 0 Å². The molecule has 0 aliphatic carbocycles. The van der Waals surface area contributed by atoms with Crippen molar-refractivity contribution >= 4 is 17.0 Å². The molecule has 1 rings (SSSR count). The zero-order valence-electron chi connectivity index (χ0n) is 18.5. The van der Waals surface area contributed by atoms with Gasteiger partial charge in [-0.05, 0) is 26.2 Å². The lowest BCUT2D eigenvalue weighted by Crippen LogP contribution is -2.19. The van der Waals surface area contributed by atoms with Crippen molar-refractivity contribution in [3.05, 3.63) is 30.3 Å². The number of halogens is 1. The number of para-hydroxylation sites is 1. The molecule has 0 heterocycles. The third-order valence-corrected chi connectivity index (χ3v) is 4.51. The van der Waals surface area contributed by atoms with Gasteiger partial charge in [0.15, 0.2) is 0 Å². The first-order valence-electron chi connectivity index (χ1n) is 11.0. The fourth-order valence-corrected chi connectivity index (χ4v) is 2.78. The third kappa shape index (κ3) is 23.4. The second-order valence-corrected chi connectivity index (χ2v) is 7.50. The minimum atomic E-state index is 0. The Labute approximate surface area is 180 Å². The Kier molecular flexibility index (Phi) is 25.0. The molecule has 1 aromatic carbocycles. The quantitative estimate of drug-likeness (QED) is 0.255. The maximum atomic E-state index is 5.48. The molecule has 0 aliphatic heterocycles. The highest BCUT2D eigenvalue weighted by Gasteiger charge is 1.92. The maximum absolute atomic E-state index is 5.48. The molecule has 1 aromatic rings. The van der Waals surface area contributed by atoms with E-state index >= 15 is 0 Å². The van der Waals surface area contributed by atoms with E-state index in [2.05, 4.69) is 18.7 Å². The van der Waals surface area contributed by atoms with Crippen LogP contribution < -0.4 is 4.74 Å². The first kappa shape index (κ1) is 28.7. The molecule has 0 saturated heterocycles. The number of rotatable bonds is 15. The van der Waals surface area contributed by atoms with Crippen LogP contribution >= 0.6 is 17.0 Å². The lowest BCUT2D eigenvalue weighted by molar-refractivity contribution is 0.261. The molecule has 27 heavy (non-hydrogen) atoms. The van der Waals surface area contributed by atoms with Gasteiger partial charge in [0, 0.05) is 6.54 Å². The summed E-state index contributed by atoms with van der Waals surface area (Å²) in [5, 5.41) is 0. The SMILES string of the molecule is Br.CCCCCCCCCCCCCC.CN(C)CCOc1ccccc1. The van der Waals surface area contributed by atoms with Crippen molar-refractivity contribution in [2.24, 2.45) is 0 Å². The van der Waals surface area contributed by atoms with Crippen molar-refractivity contribution in [2.75, 3.05) is 27.2 Å². The third-order valence-electron chi connectivity index (χ3n) is 4.51. The molecule has 0 bridgehead atoms. The highest BCUT2D eigenvalue weighted by atomic mass is 79.9. The van der Waals surface area contributed by atoms with Crippen LogP contribution in [0.1, 0.15) is 90.9 Å². The van der Waals surface area contributed by atoms with Crippen molar-refractivity contribution in [3.63, 3.8) is 0 Å². The predicted octanol–water partition coefficient (Wildman–Crippen LogP) is 7.91. The lowest BCUT2D eigenvalue weighted by atomic mass is 10.1.